The monoisotopic (exact) mass is 303 g/mol. The molecule has 3 rings (SSSR count). The van der Waals surface area contributed by atoms with Crippen LogP contribution in [0.4, 0.5) is 10.1 Å². The first-order valence-electron chi connectivity index (χ1n) is 6.52. The fourth-order valence-corrected chi connectivity index (χ4v) is 3.51. The molecule has 1 amide bonds. The van der Waals surface area contributed by atoms with Crippen LogP contribution in [0.3, 0.4) is 0 Å². The second-order valence-corrected chi connectivity index (χ2v) is 5.75. The van der Waals surface area contributed by atoms with Crippen LogP contribution in [0.25, 0.3) is 0 Å². The molecule has 1 atom stereocenters. The van der Waals surface area contributed by atoms with Crippen LogP contribution in [0.15, 0.2) is 48.5 Å². The number of amides is 1. The van der Waals surface area contributed by atoms with Crippen molar-refractivity contribution in [1.29, 1.82) is 0 Å². The molecule has 1 aliphatic heterocycles. The molecule has 0 aliphatic carbocycles. The van der Waals surface area contributed by atoms with Crippen LogP contribution in [0.1, 0.15) is 10.9 Å². The minimum atomic E-state index is -0.309. The van der Waals surface area contributed by atoms with E-state index in [1.807, 2.05) is 24.3 Å². The molecule has 0 unspecified atom stereocenters. The summed E-state index contributed by atoms with van der Waals surface area (Å²) in [6, 6.07) is 13.7. The number of anilines is 1. The summed E-state index contributed by atoms with van der Waals surface area (Å²) in [7, 11) is 1.61. The summed E-state index contributed by atoms with van der Waals surface area (Å²) in [6.07, 6.45) is 0. The summed E-state index contributed by atoms with van der Waals surface area (Å²) in [6.45, 7) is 0. The van der Waals surface area contributed by atoms with Gasteiger partial charge in [-0.2, -0.15) is 0 Å². The maximum Gasteiger partial charge on any atom is 0.238 e. The molecule has 0 aromatic heterocycles. The number of thioether (sulfide) groups is 1. The fourth-order valence-electron chi connectivity index (χ4n) is 2.35. The van der Waals surface area contributed by atoms with Crippen molar-refractivity contribution < 1.29 is 13.9 Å². The Bertz CT molecular complexity index is 660. The molecule has 1 saturated heterocycles. The molecule has 2 aromatic rings. The van der Waals surface area contributed by atoms with Crippen LogP contribution in [-0.2, 0) is 4.79 Å². The lowest BCUT2D eigenvalue weighted by Crippen LogP contribution is -2.27. The first-order valence-corrected chi connectivity index (χ1v) is 7.57. The number of methoxy groups -OCH3 is 1. The number of hydrogen-bond donors (Lipinski definition) is 0. The highest BCUT2D eigenvalue weighted by Gasteiger charge is 2.34. The number of hydrogen-bond acceptors (Lipinski definition) is 3. The van der Waals surface area contributed by atoms with Crippen molar-refractivity contribution in [2.45, 2.75) is 5.37 Å². The van der Waals surface area contributed by atoms with Crippen molar-refractivity contribution in [3.8, 4) is 5.75 Å². The van der Waals surface area contributed by atoms with Crippen LogP contribution in [0.5, 0.6) is 5.75 Å². The molecule has 108 valence electrons. The second kappa shape index (κ2) is 5.77. The lowest BCUT2D eigenvalue weighted by molar-refractivity contribution is -0.115. The smallest absolute Gasteiger partial charge is 0.238 e. The lowest BCUT2D eigenvalue weighted by Gasteiger charge is -2.24. The molecule has 0 radical (unpaired) electrons. The Kier molecular flexibility index (Phi) is 3.84. The number of carbonyl (C=O) groups is 1. The van der Waals surface area contributed by atoms with E-state index in [1.165, 1.54) is 12.1 Å². The first-order chi connectivity index (χ1) is 10.2. The van der Waals surface area contributed by atoms with E-state index in [2.05, 4.69) is 0 Å². The Hall–Kier alpha value is -2.01. The molecule has 1 aliphatic rings. The van der Waals surface area contributed by atoms with Gasteiger partial charge >= 0.3 is 0 Å². The van der Waals surface area contributed by atoms with Gasteiger partial charge in [0.05, 0.1) is 12.9 Å². The minimum Gasteiger partial charge on any atom is -0.497 e. The normalized spacial score (nSPS) is 18.1. The summed E-state index contributed by atoms with van der Waals surface area (Å²) < 4.78 is 18.3. The number of ether oxygens (including phenoxy) is 1. The summed E-state index contributed by atoms with van der Waals surface area (Å²) in [4.78, 5) is 13.9. The third kappa shape index (κ3) is 2.74. The molecule has 1 heterocycles. The Labute approximate surface area is 126 Å². The SMILES string of the molecule is COc1cccc([C@H]2SCC(=O)N2c2ccc(F)cc2)c1. The number of benzene rings is 2. The van der Waals surface area contributed by atoms with E-state index in [1.54, 1.807) is 35.9 Å². The van der Waals surface area contributed by atoms with E-state index in [-0.39, 0.29) is 17.1 Å². The Morgan fingerprint density at radius 2 is 2.00 bits per heavy atom. The zero-order valence-corrected chi connectivity index (χ0v) is 12.3. The predicted octanol–water partition coefficient (Wildman–Crippen LogP) is 3.61. The van der Waals surface area contributed by atoms with Crippen LogP contribution < -0.4 is 9.64 Å². The van der Waals surface area contributed by atoms with Crippen molar-refractivity contribution in [1.82, 2.24) is 0 Å². The third-order valence-electron chi connectivity index (χ3n) is 3.35. The minimum absolute atomic E-state index is 0.0272. The standard InChI is InChI=1S/C16H14FNO2S/c1-20-14-4-2-3-11(9-14)16-18(15(19)10-21-16)13-7-5-12(17)6-8-13/h2-9,16H,10H2,1H3/t16-/m1/s1. The number of carbonyl (C=O) groups excluding carboxylic acids is 1. The average Bonchev–Trinajstić information content (AvgIpc) is 2.90. The quantitative estimate of drug-likeness (QED) is 0.867. The highest BCUT2D eigenvalue weighted by Crippen LogP contribution is 2.42. The maximum absolute atomic E-state index is 13.1. The van der Waals surface area contributed by atoms with Gasteiger partial charge in [0.15, 0.2) is 0 Å². The number of halogens is 1. The van der Waals surface area contributed by atoms with Crippen molar-refractivity contribution in [3.63, 3.8) is 0 Å². The summed E-state index contributed by atoms with van der Waals surface area (Å²) >= 11 is 1.56. The second-order valence-electron chi connectivity index (χ2n) is 4.68. The molecule has 0 N–H and O–H groups in total. The predicted molar refractivity (Wildman–Crippen MR) is 82.1 cm³/mol. The summed E-state index contributed by atoms with van der Waals surface area (Å²) in [5.74, 6) is 0.890. The third-order valence-corrected chi connectivity index (χ3v) is 4.56. The van der Waals surface area contributed by atoms with Gasteiger partial charge in [-0.15, -0.1) is 11.8 Å². The highest BCUT2D eigenvalue weighted by atomic mass is 32.2. The summed E-state index contributed by atoms with van der Waals surface area (Å²) in [5.41, 5.74) is 1.70. The molecule has 0 bridgehead atoms. The Morgan fingerprint density at radius 3 is 2.71 bits per heavy atom. The zero-order chi connectivity index (χ0) is 14.8. The van der Waals surface area contributed by atoms with Crippen LogP contribution in [-0.4, -0.2) is 18.8 Å². The van der Waals surface area contributed by atoms with Gasteiger partial charge in [-0.05, 0) is 42.0 Å². The van der Waals surface area contributed by atoms with Gasteiger partial charge in [-0.3, -0.25) is 9.69 Å². The largest absolute Gasteiger partial charge is 0.497 e. The van der Waals surface area contributed by atoms with Gasteiger partial charge in [0.2, 0.25) is 5.91 Å². The van der Waals surface area contributed by atoms with Gasteiger partial charge in [0.1, 0.15) is 16.9 Å². The molecule has 3 nitrogen and oxygen atoms in total. The Balaban J connectivity index is 1.97. The van der Waals surface area contributed by atoms with E-state index in [9.17, 15) is 9.18 Å². The van der Waals surface area contributed by atoms with E-state index in [0.29, 0.717) is 11.4 Å². The lowest BCUT2D eigenvalue weighted by atomic mass is 10.1. The van der Waals surface area contributed by atoms with Gasteiger partial charge in [-0.1, -0.05) is 12.1 Å². The maximum atomic E-state index is 13.1. The van der Waals surface area contributed by atoms with Crippen molar-refractivity contribution in [2.75, 3.05) is 17.8 Å². The highest BCUT2D eigenvalue weighted by molar-refractivity contribution is 8.00. The van der Waals surface area contributed by atoms with Gasteiger partial charge in [-0.25, -0.2) is 4.39 Å². The zero-order valence-electron chi connectivity index (χ0n) is 11.5. The van der Waals surface area contributed by atoms with E-state index < -0.39 is 0 Å². The van der Waals surface area contributed by atoms with Gasteiger partial charge < -0.3 is 4.74 Å². The van der Waals surface area contributed by atoms with E-state index in [4.69, 9.17) is 4.74 Å². The molecule has 1 fully saturated rings. The number of nitrogens with zero attached hydrogens (tertiary/aromatic N) is 1. The molecular weight excluding hydrogens is 289 g/mol. The molecule has 0 spiro atoms. The van der Waals surface area contributed by atoms with Crippen molar-refractivity contribution in [3.05, 3.63) is 59.9 Å². The van der Waals surface area contributed by atoms with Crippen LogP contribution >= 0.6 is 11.8 Å². The van der Waals surface area contributed by atoms with Gasteiger partial charge in [0, 0.05) is 5.69 Å². The fraction of sp³-hybridized carbons (Fsp3) is 0.188. The summed E-state index contributed by atoms with van der Waals surface area (Å²) in [5, 5.41) is -0.113. The van der Waals surface area contributed by atoms with E-state index >= 15 is 0 Å². The van der Waals surface area contributed by atoms with Crippen LogP contribution in [0.2, 0.25) is 0 Å². The van der Waals surface area contributed by atoms with Gasteiger partial charge in [0.25, 0.3) is 0 Å². The first kappa shape index (κ1) is 13.9. The molecule has 21 heavy (non-hydrogen) atoms. The average molecular weight is 303 g/mol. The van der Waals surface area contributed by atoms with Crippen LogP contribution in [0, 0.1) is 5.82 Å². The topological polar surface area (TPSA) is 29.5 Å². The Morgan fingerprint density at radius 1 is 1.24 bits per heavy atom. The van der Waals surface area contributed by atoms with Crippen molar-refractivity contribution >= 4 is 23.4 Å². The molecule has 5 heteroatoms. The molecule has 2 aromatic carbocycles. The molecular formula is C16H14FNO2S. The number of rotatable bonds is 3. The molecule has 0 saturated carbocycles. The van der Waals surface area contributed by atoms with E-state index in [0.717, 1.165) is 11.3 Å². The van der Waals surface area contributed by atoms with Crippen molar-refractivity contribution in [2.24, 2.45) is 0 Å².